The minimum absolute atomic E-state index is 0.0105. The molecule has 2 aromatic rings. The van der Waals surface area contributed by atoms with E-state index in [1.165, 1.54) is 31.3 Å². The van der Waals surface area contributed by atoms with Crippen LogP contribution < -0.4 is 10.9 Å². The van der Waals surface area contributed by atoms with Crippen LogP contribution in [0, 0.1) is 5.82 Å². The molecule has 0 unspecified atom stereocenters. The number of carbonyl (C=O) groups excluding carboxylic acids is 2. The molecule has 0 aliphatic rings. The zero-order valence-electron chi connectivity index (χ0n) is 11.9. The second kappa shape index (κ2) is 7.06. The van der Waals surface area contributed by atoms with Gasteiger partial charge in [0.25, 0.3) is 11.5 Å². The van der Waals surface area contributed by atoms with Gasteiger partial charge < -0.3 is 15.0 Å². The van der Waals surface area contributed by atoms with Gasteiger partial charge in [0.2, 0.25) is 0 Å². The number of rotatable bonds is 4. The van der Waals surface area contributed by atoms with Crippen molar-refractivity contribution in [2.75, 3.05) is 5.32 Å². The van der Waals surface area contributed by atoms with E-state index in [4.69, 9.17) is 16.3 Å². The van der Waals surface area contributed by atoms with Crippen LogP contribution in [-0.2, 0) is 9.53 Å². The molecule has 0 bridgehead atoms. The minimum Gasteiger partial charge on any atom is -0.449 e. The molecule has 1 amide bonds. The first-order valence-corrected chi connectivity index (χ1v) is 6.91. The molecular weight excluding hydrogens is 327 g/mol. The number of benzene rings is 1. The van der Waals surface area contributed by atoms with E-state index in [2.05, 4.69) is 10.3 Å². The zero-order chi connectivity index (χ0) is 17.0. The summed E-state index contributed by atoms with van der Waals surface area (Å²) in [4.78, 5) is 37.6. The largest absolute Gasteiger partial charge is 0.449 e. The third-order valence-electron chi connectivity index (χ3n) is 2.88. The summed E-state index contributed by atoms with van der Waals surface area (Å²) in [5.74, 6) is -2.14. The molecule has 1 heterocycles. The quantitative estimate of drug-likeness (QED) is 0.838. The predicted octanol–water partition coefficient (Wildman–Crippen LogP) is 2.35. The first-order chi connectivity index (χ1) is 10.9. The Bertz CT molecular complexity index is 806. The van der Waals surface area contributed by atoms with Crippen molar-refractivity contribution in [3.63, 3.8) is 0 Å². The molecule has 0 saturated carbocycles. The average molecular weight is 339 g/mol. The van der Waals surface area contributed by atoms with Crippen LogP contribution in [0.4, 0.5) is 10.1 Å². The van der Waals surface area contributed by atoms with E-state index in [-0.39, 0.29) is 16.3 Å². The molecule has 0 saturated heterocycles. The van der Waals surface area contributed by atoms with Crippen molar-refractivity contribution in [2.45, 2.75) is 13.0 Å². The van der Waals surface area contributed by atoms with Gasteiger partial charge in [0.1, 0.15) is 11.4 Å². The number of ether oxygens (including phenoxy) is 1. The number of aromatic amines is 1. The lowest BCUT2D eigenvalue weighted by Crippen LogP contribution is -2.31. The smallest absolute Gasteiger partial charge is 0.344 e. The molecule has 2 rings (SSSR count). The van der Waals surface area contributed by atoms with Gasteiger partial charge >= 0.3 is 5.97 Å². The molecule has 1 atom stereocenters. The van der Waals surface area contributed by atoms with E-state index >= 15 is 0 Å². The molecule has 6 nitrogen and oxygen atoms in total. The Hall–Kier alpha value is -2.67. The summed E-state index contributed by atoms with van der Waals surface area (Å²) in [6.45, 7) is 1.34. The van der Waals surface area contributed by atoms with Crippen molar-refractivity contribution in [3.8, 4) is 0 Å². The number of aromatic nitrogens is 1. The normalized spacial score (nSPS) is 11.6. The van der Waals surface area contributed by atoms with Crippen molar-refractivity contribution < 1.29 is 18.7 Å². The Kier molecular flexibility index (Phi) is 5.13. The number of carbonyl (C=O) groups is 2. The van der Waals surface area contributed by atoms with Gasteiger partial charge in [-0.3, -0.25) is 9.59 Å². The van der Waals surface area contributed by atoms with Gasteiger partial charge in [-0.1, -0.05) is 11.6 Å². The maximum Gasteiger partial charge on any atom is 0.344 e. The maximum absolute atomic E-state index is 12.9. The Morgan fingerprint density at radius 1 is 1.35 bits per heavy atom. The minimum atomic E-state index is -1.18. The van der Waals surface area contributed by atoms with Gasteiger partial charge in [0.05, 0.1) is 10.7 Å². The molecule has 0 aliphatic carbocycles. The number of hydrogen-bond acceptors (Lipinski definition) is 4. The Balaban J connectivity index is 2.04. The Labute approximate surface area is 135 Å². The summed E-state index contributed by atoms with van der Waals surface area (Å²) < 4.78 is 17.9. The van der Waals surface area contributed by atoms with E-state index in [1.807, 2.05) is 0 Å². The van der Waals surface area contributed by atoms with Gasteiger partial charge in [0.15, 0.2) is 6.10 Å². The van der Waals surface area contributed by atoms with Crippen LogP contribution in [0.3, 0.4) is 0 Å². The van der Waals surface area contributed by atoms with Crippen molar-refractivity contribution >= 4 is 29.2 Å². The van der Waals surface area contributed by atoms with E-state index in [0.29, 0.717) is 0 Å². The standard InChI is InChI=1S/C15H12ClFN2O4/c1-8(23-15(22)10-3-2-6-18-14(10)21)13(20)19-12-5-4-9(17)7-11(12)16/h2-8H,1H3,(H,18,21)(H,19,20)/t8-/m0/s1. The van der Waals surface area contributed by atoms with Crippen LogP contribution in [0.5, 0.6) is 0 Å². The monoisotopic (exact) mass is 338 g/mol. The fourth-order valence-corrected chi connectivity index (χ4v) is 1.90. The average Bonchev–Trinajstić information content (AvgIpc) is 2.50. The molecule has 2 N–H and O–H groups in total. The third kappa shape index (κ3) is 4.17. The lowest BCUT2D eigenvalue weighted by atomic mass is 10.2. The number of halogens is 2. The molecule has 1 aromatic carbocycles. The van der Waals surface area contributed by atoms with Crippen molar-refractivity contribution in [1.29, 1.82) is 0 Å². The number of nitrogens with one attached hydrogen (secondary N) is 2. The number of pyridine rings is 1. The number of anilines is 1. The lowest BCUT2D eigenvalue weighted by molar-refractivity contribution is -0.123. The summed E-state index contributed by atoms with van der Waals surface area (Å²) in [5, 5.41) is 2.42. The summed E-state index contributed by atoms with van der Waals surface area (Å²) in [5.41, 5.74) is -0.655. The first-order valence-electron chi connectivity index (χ1n) is 6.53. The van der Waals surface area contributed by atoms with E-state index in [9.17, 15) is 18.8 Å². The van der Waals surface area contributed by atoms with Crippen molar-refractivity contribution in [3.05, 3.63) is 63.3 Å². The Morgan fingerprint density at radius 3 is 2.74 bits per heavy atom. The zero-order valence-corrected chi connectivity index (χ0v) is 12.7. The molecule has 23 heavy (non-hydrogen) atoms. The van der Waals surface area contributed by atoms with Crippen LogP contribution in [0.2, 0.25) is 5.02 Å². The molecule has 8 heteroatoms. The van der Waals surface area contributed by atoms with E-state index < -0.39 is 29.4 Å². The molecule has 120 valence electrons. The maximum atomic E-state index is 12.9. The molecular formula is C15H12ClFN2O4. The highest BCUT2D eigenvalue weighted by molar-refractivity contribution is 6.33. The van der Waals surface area contributed by atoms with Crippen molar-refractivity contribution in [1.82, 2.24) is 4.98 Å². The van der Waals surface area contributed by atoms with Crippen LogP contribution in [0.25, 0.3) is 0 Å². The second-order valence-electron chi connectivity index (χ2n) is 4.57. The summed E-state index contributed by atoms with van der Waals surface area (Å²) in [7, 11) is 0. The van der Waals surface area contributed by atoms with Gasteiger partial charge in [-0.25, -0.2) is 9.18 Å². The van der Waals surface area contributed by atoms with E-state index in [1.54, 1.807) is 0 Å². The third-order valence-corrected chi connectivity index (χ3v) is 3.19. The summed E-state index contributed by atoms with van der Waals surface area (Å²) >= 11 is 5.79. The molecule has 0 fully saturated rings. The fourth-order valence-electron chi connectivity index (χ4n) is 1.69. The first kappa shape index (κ1) is 16.7. The van der Waals surface area contributed by atoms with Crippen LogP contribution in [0.15, 0.2) is 41.3 Å². The van der Waals surface area contributed by atoms with Gasteiger partial charge in [0, 0.05) is 6.20 Å². The number of amides is 1. The van der Waals surface area contributed by atoms with Crippen LogP contribution >= 0.6 is 11.6 Å². The van der Waals surface area contributed by atoms with Crippen LogP contribution in [-0.4, -0.2) is 23.0 Å². The van der Waals surface area contributed by atoms with E-state index in [0.717, 1.165) is 12.1 Å². The fraction of sp³-hybridized carbons (Fsp3) is 0.133. The number of esters is 1. The second-order valence-corrected chi connectivity index (χ2v) is 4.98. The van der Waals surface area contributed by atoms with Gasteiger partial charge in [-0.2, -0.15) is 0 Å². The topological polar surface area (TPSA) is 88.3 Å². The summed E-state index contributed by atoms with van der Waals surface area (Å²) in [6.07, 6.45) is 0.189. The number of hydrogen-bond donors (Lipinski definition) is 2. The molecule has 0 spiro atoms. The number of H-pyrrole nitrogens is 1. The Morgan fingerprint density at radius 2 is 2.09 bits per heavy atom. The molecule has 0 radical (unpaired) electrons. The van der Waals surface area contributed by atoms with Crippen molar-refractivity contribution in [2.24, 2.45) is 0 Å². The SMILES string of the molecule is C[C@H](OC(=O)c1ccc[nH]c1=O)C(=O)Nc1ccc(F)cc1Cl. The molecule has 0 aliphatic heterocycles. The highest BCUT2D eigenvalue weighted by atomic mass is 35.5. The highest BCUT2D eigenvalue weighted by Crippen LogP contribution is 2.22. The summed E-state index contributed by atoms with van der Waals surface area (Å²) in [6, 6.07) is 6.19. The predicted molar refractivity (Wildman–Crippen MR) is 82.0 cm³/mol. The highest BCUT2D eigenvalue weighted by Gasteiger charge is 2.21. The lowest BCUT2D eigenvalue weighted by Gasteiger charge is -2.14. The van der Waals surface area contributed by atoms with Gasteiger partial charge in [-0.15, -0.1) is 0 Å². The van der Waals surface area contributed by atoms with Crippen LogP contribution in [0.1, 0.15) is 17.3 Å². The van der Waals surface area contributed by atoms with Gasteiger partial charge in [-0.05, 0) is 37.3 Å². The molecule has 1 aromatic heterocycles.